The van der Waals surface area contributed by atoms with Gasteiger partial charge in [0.2, 0.25) is 0 Å². The molecule has 56 valence electrons. The molecule has 0 saturated heterocycles. The zero-order valence-electron chi connectivity index (χ0n) is 6.73. The van der Waals surface area contributed by atoms with Crippen LogP contribution in [0, 0.1) is 5.92 Å². The molecule has 0 heterocycles. The van der Waals surface area contributed by atoms with Crippen LogP contribution < -0.4 is 5.32 Å². The van der Waals surface area contributed by atoms with Crippen LogP contribution in [-0.4, -0.2) is 24.3 Å². The summed E-state index contributed by atoms with van der Waals surface area (Å²) in [6.45, 7) is 6.39. The first kappa shape index (κ1) is 8.92. The van der Waals surface area contributed by atoms with Gasteiger partial charge in [0.05, 0.1) is 6.61 Å². The van der Waals surface area contributed by atoms with Gasteiger partial charge >= 0.3 is 0 Å². The van der Waals surface area contributed by atoms with Crippen molar-refractivity contribution in [2.24, 2.45) is 5.92 Å². The Morgan fingerprint density at radius 3 is 2.00 bits per heavy atom. The van der Waals surface area contributed by atoms with Crippen LogP contribution in [0.3, 0.4) is 0 Å². The SMILES string of the molecule is CNC(C)(CO)C(C)C. The molecule has 0 amide bonds. The maximum atomic E-state index is 8.89. The molecule has 0 radical (unpaired) electrons. The summed E-state index contributed by atoms with van der Waals surface area (Å²) in [5.74, 6) is 0.465. The van der Waals surface area contributed by atoms with E-state index in [4.69, 9.17) is 5.11 Å². The molecule has 0 rings (SSSR count). The zero-order chi connectivity index (χ0) is 7.49. The van der Waals surface area contributed by atoms with Crippen LogP contribution >= 0.6 is 0 Å². The highest BCUT2D eigenvalue weighted by Gasteiger charge is 2.24. The Labute approximate surface area is 57.3 Å². The van der Waals surface area contributed by atoms with Gasteiger partial charge < -0.3 is 10.4 Å². The monoisotopic (exact) mass is 131 g/mol. The van der Waals surface area contributed by atoms with E-state index in [0.29, 0.717) is 5.92 Å². The van der Waals surface area contributed by atoms with Gasteiger partial charge in [-0.1, -0.05) is 13.8 Å². The van der Waals surface area contributed by atoms with Gasteiger partial charge in [0, 0.05) is 5.54 Å². The first-order valence-electron chi connectivity index (χ1n) is 3.36. The molecule has 0 saturated carbocycles. The van der Waals surface area contributed by atoms with E-state index in [1.807, 2.05) is 14.0 Å². The lowest BCUT2D eigenvalue weighted by Crippen LogP contribution is -2.47. The normalized spacial score (nSPS) is 18.0. The number of likely N-dealkylation sites (N-methyl/N-ethyl adjacent to an activating group) is 1. The lowest BCUT2D eigenvalue weighted by Gasteiger charge is -2.30. The molecule has 0 aromatic carbocycles. The molecule has 0 aliphatic rings. The Morgan fingerprint density at radius 2 is 2.00 bits per heavy atom. The number of nitrogens with one attached hydrogen (secondary N) is 1. The van der Waals surface area contributed by atoms with Gasteiger partial charge in [-0.05, 0) is 19.9 Å². The Hall–Kier alpha value is -0.0800. The van der Waals surface area contributed by atoms with Gasteiger partial charge in [-0.2, -0.15) is 0 Å². The number of hydrogen-bond acceptors (Lipinski definition) is 2. The molecule has 9 heavy (non-hydrogen) atoms. The Kier molecular flexibility index (Phi) is 3.15. The van der Waals surface area contributed by atoms with Crippen molar-refractivity contribution in [2.45, 2.75) is 26.3 Å². The summed E-state index contributed by atoms with van der Waals surface area (Å²) in [6, 6.07) is 0. The highest BCUT2D eigenvalue weighted by Crippen LogP contribution is 2.13. The minimum Gasteiger partial charge on any atom is -0.394 e. The van der Waals surface area contributed by atoms with E-state index in [-0.39, 0.29) is 12.1 Å². The molecule has 0 aliphatic carbocycles. The molecule has 0 aliphatic heterocycles. The molecule has 0 aromatic heterocycles. The number of hydrogen-bond donors (Lipinski definition) is 2. The summed E-state index contributed by atoms with van der Waals surface area (Å²) in [5.41, 5.74) is -0.111. The van der Waals surface area contributed by atoms with E-state index in [9.17, 15) is 0 Å². The molecule has 1 atom stereocenters. The number of aliphatic hydroxyl groups excluding tert-OH is 1. The lowest BCUT2D eigenvalue weighted by molar-refractivity contribution is 0.141. The van der Waals surface area contributed by atoms with E-state index in [2.05, 4.69) is 19.2 Å². The van der Waals surface area contributed by atoms with Crippen LogP contribution in [0.4, 0.5) is 0 Å². The fourth-order valence-corrected chi connectivity index (χ4v) is 0.550. The quantitative estimate of drug-likeness (QED) is 0.588. The van der Waals surface area contributed by atoms with Crippen LogP contribution in [0.15, 0.2) is 0 Å². The predicted molar refractivity (Wildman–Crippen MR) is 39.4 cm³/mol. The van der Waals surface area contributed by atoms with Crippen molar-refractivity contribution in [1.29, 1.82) is 0 Å². The molecule has 0 spiro atoms. The fraction of sp³-hybridized carbons (Fsp3) is 1.00. The molecule has 1 unspecified atom stereocenters. The van der Waals surface area contributed by atoms with Crippen molar-refractivity contribution < 1.29 is 5.11 Å². The molecule has 2 N–H and O–H groups in total. The van der Waals surface area contributed by atoms with Gasteiger partial charge in [-0.15, -0.1) is 0 Å². The minimum absolute atomic E-state index is 0.111. The molecule has 0 fully saturated rings. The summed E-state index contributed by atoms with van der Waals surface area (Å²) in [6.07, 6.45) is 0. The smallest absolute Gasteiger partial charge is 0.0613 e. The Morgan fingerprint density at radius 1 is 1.56 bits per heavy atom. The highest BCUT2D eigenvalue weighted by molar-refractivity contribution is 4.83. The van der Waals surface area contributed by atoms with Gasteiger partial charge in [0.25, 0.3) is 0 Å². The molecule has 2 nitrogen and oxygen atoms in total. The summed E-state index contributed by atoms with van der Waals surface area (Å²) in [5, 5.41) is 12.0. The molecular formula is C7H17NO. The second kappa shape index (κ2) is 3.18. The van der Waals surface area contributed by atoms with Crippen LogP contribution in [0.25, 0.3) is 0 Å². The van der Waals surface area contributed by atoms with Gasteiger partial charge in [0.1, 0.15) is 0 Å². The standard InChI is InChI=1S/C7H17NO/c1-6(2)7(3,5-9)8-4/h6,8-9H,5H2,1-4H3. The Bertz CT molecular complexity index is 77.0. The van der Waals surface area contributed by atoms with Gasteiger partial charge in [-0.25, -0.2) is 0 Å². The van der Waals surface area contributed by atoms with Crippen molar-refractivity contribution in [1.82, 2.24) is 5.32 Å². The highest BCUT2D eigenvalue weighted by atomic mass is 16.3. The van der Waals surface area contributed by atoms with Crippen LogP contribution in [0.1, 0.15) is 20.8 Å². The third-order valence-electron chi connectivity index (χ3n) is 2.17. The van der Waals surface area contributed by atoms with Gasteiger partial charge in [-0.3, -0.25) is 0 Å². The first-order valence-corrected chi connectivity index (χ1v) is 3.36. The maximum absolute atomic E-state index is 8.89. The second-order valence-electron chi connectivity index (χ2n) is 2.98. The number of aliphatic hydroxyl groups is 1. The maximum Gasteiger partial charge on any atom is 0.0613 e. The average Bonchev–Trinajstić information content (AvgIpc) is 1.86. The van der Waals surface area contributed by atoms with Crippen molar-refractivity contribution in [3.05, 3.63) is 0 Å². The summed E-state index contributed by atoms with van der Waals surface area (Å²) in [4.78, 5) is 0. The summed E-state index contributed by atoms with van der Waals surface area (Å²) >= 11 is 0. The van der Waals surface area contributed by atoms with Gasteiger partial charge in [0.15, 0.2) is 0 Å². The van der Waals surface area contributed by atoms with E-state index in [0.717, 1.165) is 0 Å². The zero-order valence-corrected chi connectivity index (χ0v) is 6.73. The van der Waals surface area contributed by atoms with Crippen molar-refractivity contribution in [3.63, 3.8) is 0 Å². The van der Waals surface area contributed by atoms with Crippen molar-refractivity contribution >= 4 is 0 Å². The molecule has 0 aromatic rings. The van der Waals surface area contributed by atoms with Crippen LogP contribution in [0.5, 0.6) is 0 Å². The van der Waals surface area contributed by atoms with Crippen molar-refractivity contribution in [2.75, 3.05) is 13.7 Å². The Balaban J connectivity index is 3.92. The second-order valence-corrected chi connectivity index (χ2v) is 2.98. The predicted octanol–water partition coefficient (Wildman–Crippen LogP) is 0.613. The minimum atomic E-state index is -0.111. The third kappa shape index (κ3) is 1.95. The molecular weight excluding hydrogens is 114 g/mol. The summed E-state index contributed by atoms with van der Waals surface area (Å²) in [7, 11) is 1.87. The number of rotatable bonds is 3. The largest absolute Gasteiger partial charge is 0.394 e. The van der Waals surface area contributed by atoms with Crippen molar-refractivity contribution in [3.8, 4) is 0 Å². The topological polar surface area (TPSA) is 32.3 Å². The lowest BCUT2D eigenvalue weighted by atomic mass is 9.90. The summed E-state index contributed by atoms with van der Waals surface area (Å²) < 4.78 is 0. The molecule has 2 heteroatoms. The van der Waals surface area contributed by atoms with Crippen LogP contribution in [0.2, 0.25) is 0 Å². The molecule has 0 bridgehead atoms. The third-order valence-corrected chi connectivity index (χ3v) is 2.17. The van der Waals surface area contributed by atoms with E-state index in [1.54, 1.807) is 0 Å². The van der Waals surface area contributed by atoms with Crippen LogP contribution in [-0.2, 0) is 0 Å². The first-order chi connectivity index (χ1) is 4.06. The van der Waals surface area contributed by atoms with E-state index < -0.39 is 0 Å². The van der Waals surface area contributed by atoms with E-state index >= 15 is 0 Å². The average molecular weight is 131 g/mol. The fourth-order valence-electron chi connectivity index (χ4n) is 0.550. The van der Waals surface area contributed by atoms with E-state index in [1.165, 1.54) is 0 Å².